The third-order valence-corrected chi connectivity index (χ3v) is 5.19. The number of likely N-dealkylation sites (tertiary alicyclic amines) is 1. The lowest BCUT2D eigenvalue weighted by Gasteiger charge is -2.36. The normalized spacial score (nSPS) is 28.1. The minimum Gasteiger partial charge on any atom is -0.323 e. The van der Waals surface area contributed by atoms with Gasteiger partial charge in [-0.3, -0.25) is 4.90 Å². The maximum Gasteiger partial charge on any atom is 0.0368 e. The minimum atomic E-state index is -0.0386. The molecule has 1 heterocycles. The van der Waals surface area contributed by atoms with Crippen molar-refractivity contribution in [1.29, 1.82) is 0 Å². The van der Waals surface area contributed by atoms with Crippen molar-refractivity contribution in [2.24, 2.45) is 5.73 Å². The fourth-order valence-corrected chi connectivity index (χ4v) is 4.12. The molecular weight excluding hydrogens is 256 g/mol. The van der Waals surface area contributed by atoms with E-state index in [-0.39, 0.29) is 5.54 Å². The summed E-state index contributed by atoms with van der Waals surface area (Å²) in [4.78, 5) is 2.53. The Hall–Kier alpha value is -1.64. The van der Waals surface area contributed by atoms with E-state index in [1.807, 2.05) is 0 Å². The van der Waals surface area contributed by atoms with Crippen molar-refractivity contribution >= 4 is 0 Å². The maximum absolute atomic E-state index is 6.78. The average molecular weight is 278 g/mol. The van der Waals surface area contributed by atoms with Crippen LogP contribution in [0.5, 0.6) is 0 Å². The van der Waals surface area contributed by atoms with Gasteiger partial charge in [0.2, 0.25) is 0 Å². The molecule has 0 unspecified atom stereocenters. The monoisotopic (exact) mass is 278 g/mol. The number of hydrogen-bond acceptors (Lipinski definition) is 2. The fourth-order valence-electron chi connectivity index (χ4n) is 4.12. The quantitative estimate of drug-likeness (QED) is 0.915. The summed E-state index contributed by atoms with van der Waals surface area (Å²) in [6.07, 6.45) is 2.24. The number of nitrogens with zero attached hydrogens (tertiary/aromatic N) is 1. The molecule has 108 valence electrons. The van der Waals surface area contributed by atoms with Gasteiger partial charge in [0.15, 0.2) is 0 Å². The summed E-state index contributed by atoms with van der Waals surface area (Å²) in [5.74, 6) is 0.492. The zero-order valence-corrected chi connectivity index (χ0v) is 12.3. The van der Waals surface area contributed by atoms with E-state index in [9.17, 15) is 0 Å². The molecule has 4 rings (SSSR count). The first-order chi connectivity index (χ1) is 10.2. The van der Waals surface area contributed by atoms with Gasteiger partial charge in [0.05, 0.1) is 0 Å². The van der Waals surface area contributed by atoms with Gasteiger partial charge in [0.25, 0.3) is 0 Å². The van der Waals surface area contributed by atoms with Crippen LogP contribution < -0.4 is 5.73 Å². The van der Waals surface area contributed by atoms with Crippen molar-refractivity contribution in [2.75, 3.05) is 13.1 Å². The zero-order chi connectivity index (χ0) is 14.3. The molecule has 1 aliphatic carbocycles. The number of aryl methyl sites for hydroxylation is 1. The zero-order valence-electron chi connectivity index (χ0n) is 12.3. The van der Waals surface area contributed by atoms with Gasteiger partial charge >= 0.3 is 0 Å². The molecule has 0 aromatic heterocycles. The van der Waals surface area contributed by atoms with E-state index in [1.54, 1.807) is 0 Å². The lowest BCUT2D eigenvalue weighted by atomic mass is 9.72. The van der Waals surface area contributed by atoms with E-state index in [1.165, 1.54) is 16.7 Å². The van der Waals surface area contributed by atoms with E-state index in [0.717, 1.165) is 32.5 Å². The molecule has 2 aliphatic rings. The summed E-state index contributed by atoms with van der Waals surface area (Å²) in [5.41, 5.74) is 11.1. The van der Waals surface area contributed by atoms with Crippen LogP contribution in [0.4, 0.5) is 0 Å². The molecule has 1 aliphatic heterocycles. The number of benzene rings is 2. The van der Waals surface area contributed by atoms with Crippen LogP contribution in [0.3, 0.4) is 0 Å². The van der Waals surface area contributed by atoms with E-state index in [2.05, 4.69) is 59.5 Å². The third kappa shape index (κ3) is 2.29. The number of nitrogens with two attached hydrogens (primary N) is 1. The molecule has 2 heteroatoms. The van der Waals surface area contributed by atoms with Gasteiger partial charge in [-0.25, -0.2) is 0 Å². The summed E-state index contributed by atoms with van der Waals surface area (Å²) < 4.78 is 0. The van der Waals surface area contributed by atoms with Crippen LogP contribution in [0.1, 0.15) is 29.0 Å². The molecule has 2 N–H and O–H groups in total. The highest BCUT2D eigenvalue weighted by atomic mass is 15.2. The second-order valence-corrected chi connectivity index (χ2v) is 6.64. The van der Waals surface area contributed by atoms with Crippen molar-refractivity contribution in [1.82, 2.24) is 4.90 Å². The molecule has 0 saturated carbocycles. The van der Waals surface area contributed by atoms with Crippen LogP contribution in [-0.4, -0.2) is 23.5 Å². The molecule has 2 nitrogen and oxygen atoms in total. The Balaban J connectivity index is 1.59. The van der Waals surface area contributed by atoms with Crippen molar-refractivity contribution in [3.05, 3.63) is 71.3 Å². The lowest BCUT2D eigenvalue weighted by Crippen LogP contribution is -2.49. The molecule has 0 radical (unpaired) electrons. The first-order valence-electron chi connectivity index (χ1n) is 7.88. The SMILES string of the molecule is N[C@]12CCc3ccccc3[C@@H]1CN(Cc1ccccc1)C2. The highest BCUT2D eigenvalue weighted by Crippen LogP contribution is 2.43. The second-order valence-electron chi connectivity index (χ2n) is 6.64. The summed E-state index contributed by atoms with van der Waals surface area (Å²) in [5, 5.41) is 0. The molecule has 0 amide bonds. The fraction of sp³-hybridized carbons (Fsp3) is 0.368. The van der Waals surface area contributed by atoms with Crippen LogP contribution in [0.25, 0.3) is 0 Å². The number of hydrogen-bond donors (Lipinski definition) is 1. The molecular formula is C19H22N2. The summed E-state index contributed by atoms with van der Waals surface area (Å²) in [6.45, 7) is 3.11. The van der Waals surface area contributed by atoms with Gasteiger partial charge in [0, 0.05) is 31.1 Å². The van der Waals surface area contributed by atoms with Crippen LogP contribution in [0.2, 0.25) is 0 Å². The summed E-state index contributed by atoms with van der Waals surface area (Å²) in [7, 11) is 0. The first-order valence-corrected chi connectivity index (χ1v) is 7.88. The second kappa shape index (κ2) is 4.97. The Morgan fingerprint density at radius 2 is 1.81 bits per heavy atom. The number of rotatable bonds is 2. The van der Waals surface area contributed by atoms with Crippen molar-refractivity contribution in [3.63, 3.8) is 0 Å². The largest absolute Gasteiger partial charge is 0.323 e. The van der Waals surface area contributed by atoms with E-state index >= 15 is 0 Å². The van der Waals surface area contributed by atoms with Crippen LogP contribution in [0, 0.1) is 0 Å². The molecule has 1 fully saturated rings. The molecule has 21 heavy (non-hydrogen) atoms. The van der Waals surface area contributed by atoms with E-state index in [0.29, 0.717) is 5.92 Å². The predicted octanol–water partition coefficient (Wildman–Crippen LogP) is 2.93. The average Bonchev–Trinajstić information content (AvgIpc) is 2.85. The Labute approximate surface area is 126 Å². The van der Waals surface area contributed by atoms with Crippen LogP contribution in [0.15, 0.2) is 54.6 Å². The van der Waals surface area contributed by atoms with E-state index < -0.39 is 0 Å². The van der Waals surface area contributed by atoms with Gasteiger partial charge in [-0.05, 0) is 29.5 Å². The summed E-state index contributed by atoms with van der Waals surface area (Å²) >= 11 is 0. The first kappa shape index (κ1) is 13.1. The van der Waals surface area contributed by atoms with Crippen molar-refractivity contribution in [3.8, 4) is 0 Å². The highest BCUT2D eigenvalue weighted by Gasteiger charge is 2.46. The Morgan fingerprint density at radius 3 is 2.67 bits per heavy atom. The predicted molar refractivity (Wildman–Crippen MR) is 86.1 cm³/mol. The Bertz CT molecular complexity index is 637. The summed E-state index contributed by atoms with van der Waals surface area (Å²) in [6, 6.07) is 19.6. The maximum atomic E-state index is 6.78. The molecule has 1 saturated heterocycles. The van der Waals surface area contributed by atoms with Crippen molar-refractivity contribution < 1.29 is 0 Å². The molecule has 2 atom stereocenters. The topological polar surface area (TPSA) is 29.3 Å². The standard InChI is InChI=1S/C19H22N2/c20-19-11-10-16-8-4-5-9-17(16)18(19)13-21(14-19)12-15-6-2-1-3-7-15/h1-9,18H,10-14,20H2/t18-,19-/m0/s1. The minimum absolute atomic E-state index is 0.0386. The number of fused-ring (bicyclic) bond motifs is 3. The van der Waals surface area contributed by atoms with Gasteiger partial charge in [-0.15, -0.1) is 0 Å². The third-order valence-electron chi connectivity index (χ3n) is 5.19. The van der Waals surface area contributed by atoms with Crippen LogP contribution in [-0.2, 0) is 13.0 Å². The Morgan fingerprint density at radius 1 is 1.05 bits per heavy atom. The van der Waals surface area contributed by atoms with Gasteiger partial charge in [-0.1, -0.05) is 54.6 Å². The van der Waals surface area contributed by atoms with Crippen molar-refractivity contribution in [2.45, 2.75) is 30.8 Å². The highest BCUT2D eigenvalue weighted by molar-refractivity contribution is 5.38. The van der Waals surface area contributed by atoms with Gasteiger partial charge in [-0.2, -0.15) is 0 Å². The molecule has 2 aromatic carbocycles. The Kier molecular flexibility index (Phi) is 3.09. The lowest BCUT2D eigenvalue weighted by molar-refractivity contribution is 0.294. The van der Waals surface area contributed by atoms with Gasteiger partial charge < -0.3 is 5.73 Å². The smallest absolute Gasteiger partial charge is 0.0368 e. The van der Waals surface area contributed by atoms with Crippen LogP contribution >= 0.6 is 0 Å². The van der Waals surface area contributed by atoms with E-state index in [4.69, 9.17) is 5.73 Å². The molecule has 0 bridgehead atoms. The molecule has 2 aromatic rings. The van der Waals surface area contributed by atoms with Gasteiger partial charge in [0.1, 0.15) is 0 Å². The molecule has 0 spiro atoms.